The molecule has 0 fully saturated rings. The van der Waals surface area contributed by atoms with Crippen molar-refractivity contribution in [1.82, 2.24) is 9.88 Å². The van der Waals surface area contributed by atoms with Crippen LogP contribution in [-0.2, 0) is 10.3 Å². The Morgan fingerprint density at radius 3 is 2.54 bits per heavy atom. The van der Waals surface area contributed by atoms with Gasteiger partial charge < -0.3 is 15.5 Å². The van der Waals surface area contributed by atoms with Crippen LogP contribution in [0.25, 0.3) is 5.69 Å². The van der Waals surface area contributed by atoms with Crippen LogP contribution in [0.15, 0.2) is 48.5 Å². The molecule has 0 saturated carbocycles. The summed E-state index contributed by atoms with van der Waals surface area (Å²) in [7, 11) is 0. The second-order valence-corrected chi connectivity index (χ2v) is 7.60. The highest BCUT2D eigenvalue weighted by atomic mass is 32.1. The molecule has 2 aliphatic rings. The Bertz CT molecular complexity index is 1120. The van der Waals surface area contributed by atoms with Gasteiger partial charge in [0.15, 0.2) is 5.54 Å². The van der Waals surface area contributed by atoms with Crippen LogP contribution in [0.1, 0.15) is 28.3 Å². The van der Waals surface area contributed by atoms with Crippen molar-refractivity contribution in [3.63, 3.8) is 0 Å². The standard InChI is InChI=1S/C21H19N3O3S/c1-11-6-8-12(9-7-11)24-18(25)16-15(10-28)23-21(17(16)19(24)26)13-4-2-3-5-14(13)22-20(21)27/h2-9,15,23,25-26,28H,10H2,1H3,(H,22,27). The van der Waals surface area contributed by atoms with E-state index in [1.165, 1.54) is 4.57 Å². The Morgan fingerprint density at radius 2 is 1.82 bits per heavy atom. The number of amides is 1. The van der Waals surface area contributed by atoms with Crippen LogP contribution in [0.3, 0.4) is 0 Å². The molecule has 3 heterocycles. The highest BCUT2D eigenvalue weighted by Gasteiger charge is 2.58. The number of nitrogens with zero attached hydrogens (tertiary/aromatic N) is 1. The lowest BCUT2D eigenvalue weighted by Gasteiger charge is -2.25. The van der Waals surface area contributed by atoms with E-state index in [1.54, 1.807) is 0 Å². The summed E-state index contributed by atoms with van der Waals surface area (Å²) in [6.45, 7) is 1.97. The lowest BCUT2D eigenvalue weighted by Crippen LogP contribution is -2.46. The van der Waals surface area contributed by atoms with Crippen molar-refractivity contribution in [2.75, 3.05) is 11.1 Å². The average Bonchev–Trinajstić information content (AvgIpc) is 3.28. The number of hydrogen-bond donors (Lipinski definition) is 5. The first-order valence-electron chi connectivity index (χ1n) is 9.02. The van der Waals surface area contributed by atoms with Crippen LogP contribution in [0, 0.1) is 6.92 Å². The number of fused-ring (bicyclic) bond motifs is 4. The molecule has 5 rings (SSSR count). The number of aromatic hydroxyl groups is 2. The zero-order chi connectivity index (χ0) is 19.6. The molecule has 4 N–H and O–H groups in total. The summed E-state index contributed by atoms with van der Waals surface area (Å²) >= 11 is 4.41. The largest absolute Gasteiger partial charge is 0.494 e. The van der Waals surface area contributed by atoms with Crippen LogP contribution >= 0.6 is 12.6 Å². The van der Waals surface area contributed by atoms with Crippen molar-refractivity contribution < 1.29 is 15.0 Å². The van der Waals surface area contributed by atoms with Gasteiger partial charge in [-0.3, -0.25) is 14.7 Å². The third kappa shape index (κ3) is 2.00. The van der Waals surface area contributed by atoms with E-state index >= 15 is 0 Å². The van der Waals surface area contributed by atoms with Gasteiger partial charge in [-0.05, 0) is 25.1 Å². The monoisotopic (exact) mass is 393 g/mol. The molecule has 2 atom stereocenters. The molecule has 142 valence electrons. The van der Waals surface area contributed by atoms with Crippen molar-refractivity contribution in [1.29, 1.82) is 0 Å². The number of aryl methyl sites for hydroxylation is 1. The molecule has 1 amide bonds. The van der Waals surface area contributed by atoms with Gasteiger partial charge in [-0.1, -0.05) is 35.9 Å². The molecule has 28 heavy (non-hydrogen) atoms. The van der Waals surface area contributed by atoms with E-state index in [4.69, 9.17) is 0 Å². The topological polar surface area (TPSA) is 86.5 Å². The highest BCUT2D eigenvalue weighted by Crippen LogP contribution is 2.56. The van der Waals surface area contributed by atoms with Gasteiger partial charge in [-0.15, -0.1) is 0 Å². The minimum atomic E-state index is -1.27. The summed E-state index contributed by atoms with van der Waals surface area (Å²) in [5, 5.41) is 28.4. The number of benzene rings is 2. The predicted octanol–water partition coefficient (Wildman–Crippen LogP) is 2.97. The van der Waals surface area contributed by atoms with E-state index in [0.717, 1.165) is 11.1 Å². The van der Waals surface area contributed by atoms with Crippen LogP contribution < -0.4 is 10.6 Å². The maximum atomic E-state index is 13.1. The minimum Gasteiger partial charge on any atom is -0.494 e. The maximum absolute atomic E-state index is 13.1. The second kappa shape index (κ2) is 5.80. The summed E-state index contributed by atoms with van der Waals surface area (Å²) in [5.41, 5.74) is 2.71. The lowest BCUT2D eigenvalue weighted by molar-refractivity contribution is -0.120. The van der Waals surface area contributed by atoms with Crippen molar-refractivity contribution in [2.45, 2.75) is 18.5 Å². The van der Waals surface area contributed by atoms with E-state index in [1.807, 2.05) is 55.5 Å². The summed E-state index contributed by atoms with van der Waals surface area (Å²) in [6.07, 6.45) is 0. The van der Waals surface area contributed by atoms with Crippen LogP contribution in [0.4, 0.5) is 5.69 Å². The Hall–Kier alpha value is -2.90. The van der Waals surface area contributed by atoms with Crippen molar-refractivity contribution >= 4 is 24.2 Å². The Kier molecular flexibility index (Phi) is 3.56. The molecule has 6 nitrogen and oxygen atoms in total. The number of carbonyl (C=O) groups is 1. The number of thiol groups is 1. The molecule has 2 unspecified atom stereocenters. The number of rotatable bonds is 2. The van der Waals surface area contributed by atoms with Crippen molar-refractivity contribution in [3.05, 3.63) is 70.8 Å². The first-order chi connectivity index (χ1) is 13.5. The van der Waals surface area contributed by atoms with Gasteiger partial charge in [0.05, 0.1) is 11.3 Å². The fourth-order valence-electron chi connectivity index (χ4n) is 4.39. The van der Waals surface area contributed by atoms with Gasteiger partial charge in [0.25, 0.3) is 5.91 Å². The quantitative estimate of drug-likeness (QED) is 0.433. The molecular formula is C21H19N3O3S. The molecule has 1 spiro atoms. The second-order valence-electron chi connectivity index (χ2n) is 7.24. The molecule has 7 heteroatoms. The smallest absolute Gasteiger partial charge is 0.254 e. The third-order valence-electron chi connectivity index (χ3n) is 5.67. The summed E-state index contributed by atoms with van der Waals surface area (Å²) in [6, 6.07) is 14.4. The molecular weight excluding hydrogens is 374 g/mol. The summed E-state index contributed by atoms with van der Waals surface area (Å²) in [4.78, 5) is 13.1. The Balaban J connectivity index is 1.82. The molecule has 0 saturated heterocycles. The molecule has 2 aromatic carbocycles. The first-order valence-corrected chi connectivity index (χ1v) is 9.66. The van der Waals surface area contributed by atoms with Gasteiger partial charge in [0, 0.05) is 28.6 Å². The number of nitrogens with one attached hydrogen (secondary N) is 2. The molecule has 0 bridgehead atoms. The number of anilines is 1. The van der Waals surface area contributed by atoms with Gasteiger partial charge in [0.1, 0.15) is 0 Å². The molecule has 3 aromatic rings. The predicted molar refractivity (Wildman–Crippen MR) is 109 cm³/mol. The minimum absolute atomic E-state index is 0.0861. The molecule has 2 aliphatic heterocycles. The van der Waals surface area contributed by atoms with E-state index in [0.29, 0.717) is 28.3 Å². The van der Waals surface area contributed by atoms with Crippen LogP contribution in [-0.4, -0.2) is 26.4 Å². The molecule has 0 radical (unpaired) electrons. The number of carbonyl (C=O) groups excluding carboxylic acids is 1. The van der Waals surface area contributed by atoms with Gasteiger partial charge in [-0.25, -0.2) is 0 Å². The summed E-state index contributed by atoms with van der Waals surface area (Å²) < 4.78 is 1.39. The lowest BCUT2D eigenvalue weighted by atomic mass is 9.86. The average molecular weight is 393 g/mol. The molecule has 1 aromatic heterocycles. The number of hydrogen-bond acceptors (Lipinski definition) is 5. The fraction of sp³-hybridized carbons (Fsp3) is 0.190. The third-order valence-corrected chi connectivity index (χ3v) is 6.03. The van der Waals surface area contributed by atoms with E-state index < -0.39 is 11.6 Å². The Morgan fingerprint density at radius 1 is 1.11 bits per heavy atom. The molecule has 0 aliphatic carbocycles. The van der Waals surface area contributed by atoms with Crippen molar-refractivity contribution in [2.24, 2.45) is 0 Å². The zero-order valence-electron chi connectivity index (χ0n) is 15.1. The first kappa shape index (κ1) is 17.2. The van der Waals surface area contributed by atoms with E-state index in [2.05, 4.69) is 23.3 Å². The van der Waals surface area contributed by atoms with Gasteiger partial charge in [-0.2, -0.15) is 12.6 Å². The highest BCUT2D eigenvalue weighted by molar-refractivity contribution is 7.80. The number of aromatic nitrogens is 1. The van der Waals surface area contributed by atoms with Gasteiger partial charge >= 0.3 is 0 Å². The SMILES string of the molecule is Cc1ccc(-n2c(O)c3c(c2O)C2(NC3CS)C(=O)Nc3ccccc32)cc1. The Labute approximate surface area is 167 Å². The zero-order valence-corrected chi connectivity index (χ0v) is 16.0. The normalized spacial score (nSPS) is 22.4. The van der Waals surface area contributed by atoms with Crippen molar-refractivity contribution in [3.8, 4) is 17.4 Å². The fourth-order valence-corrected chi connectivity index (χ4v) is 4.67. The van der Waals surface area contributed by atoms with Crippen LogP contribution in [0.2, 0.25) is 0 Å². The van der Waals surface area contributed by atoms with Gasteiger partial charge in [0.2, 0.25) is 11.8 Å². The van der Waals surface area contributed by atoms with Crippen LogP contribution in [0.5, 0.6) is 11.8 Å². The number of para-hydroxylation sites is 1. The maximum Gasteiger partial charge on any atom is 0.254 e. The summed E-state index contributed by atoms with van der Waals surface area (Å²) in [5.74, 6) is -0.165. The van der Waals surface area contributed by atoms with E-state index in [-0.39, 0.29) is 17.7 Å². The van der Waals surface area contributed by atoms with E-state index in [9.17, 15) is 15.0 Å².